The Hall–Kier alpha value is -2.09. The molecule has 1 aromatic rings. The number of anilines is 1. The van der Waals surface area contributed by atoms with Gasteiger partial charge in [-0.1, -0.05) is 13.8 Å². The quantitative estimate of drug-likeness (QED) is 0.334. The average molecular weight is 228 g/mol. The number of nitrogens with two attached hydrogens (primary N) is 3. The van der Waals surface area contributed by atoms with Crippen LogP contribution in [-0.4, -0.2) is 33.5 Å². The van der Waals surface area contributed by atoms with Crippen LogP contribution < -0.4 is 17.3 Å². The zero-order chi connectivity index (χ0) is 12.9. The standard InChI is InChI=1S/C6H10N6O2.C2H6/c1-11(9)6(14)12-2-10-3(4(12)7)5(8)13;1-2/h2H,7,9H2,1H3,(H2,8,13);1-2H3. The highest BCUT2D eigenvalue weighted by atomic mass is 16.2. The number of rotatable bonds is 1. The number of nitrogens with zero attached hydrogens (tertiary/aromatic N) is 3. The van der Waals surface area contributed by atoms with Gasteiger partial charge in [-0.05, 0) is 0 Å². The van der Waals surface area contributed by atoms with E-state index >= 15 is 0 Å². The predicted molar refractivity (Wildman–Crippen MR) is 59.2 cm³/mol. The van der Waals surface area contributed by atoms with Gasteiger partial charge in [-0.3, -0.25) is 9.80 Å². The molecule has 2 amide bonds. The Morgan fingerprint density at radius 1 is 1.44 bits per heavy atom. The summed E-state index contributed by atoms with van der Waals surface area (Å²) in [5.41, 5.74) is 10.2. The molecule has 8 nitrogen and oxygen atoms in total. The molecule has 0 unspecified atom stereocenters. The number of nitrogen functional groups attached to an aromatic ring is 1. The Morgan fingerprint density at radius 3 is 2.25 bits per heavy atom. The van der Waals surface area contributed by atoms with Gasteiger partial charge in [0.2, 0.25) is 0 Å². The van der Waals surface area contributed by atoms with Crippen LogP contribution in [0.25, 0.3) is 0 Å². The Morgan fingerprint density at radius 2 is 1.94 bits per heavy atom. The Kier molecular flexibility index (Phi) is 4.96. The van der Waals surface area contributed by atoms with Crippen molar-refractivity contribution < 1.29 is 9.59 Å². The van der Waals surface area contributed by atoms with Crippen LogP contribution in [0.2, 0.25) is 0 Å². The molecule has 8 heteroatoms. The van der Waals surface area contributed by atoms with Gasteiger partial charge in [0.05, 0.1) is 0 Å². The monoisotopic (exact) mass is 228 g/mol. The maximum absolute atomic E-state index is 11.3. The van der Waals surface area contributed by atoms with Crippen LogP contribution in [0.3, 0.4) is 0 Å². The molecular formula is C8H16N6O2. The van der Waals surface area contributed by atoms with Crippen LogP contribution in [0.5, 0.6) is 0 Å². The van der Waals surface area contributed by atoms with Crippen molar-refractivity contribution in [3.8, 4) is 0 Å². The molecule has 0 aliphatic rings. The van der Waals surface area contributed by atoms with E-state index in [9.17, 15) is 9.59 Å². The number of primary amides is 1. The van der Waals surface area contributed by atoms with E-state index in [1.165, 1.54) is 7.05 Å². The van der Waals surface area contributed by atoms with Crippen molar-refractivity contribution in [1.82, 2.24) is 14.6 Å². The first-order valence-corrected chi connectivity index (χ1v) is 4.60. The van der Waals surface area contributed by atoms with Crippen LogP contribution >= 0.6 is 0 Å². The molecule has 6 N–H and O–H groups in total. The van der Waals surface area contributed by atoms with Crippen molar-refractivity contribution in [2.75, 3.05) is 12.8 Å². The minimum atomic E-state index is -0.797. The molecule has 0 atom stereocenters. The lowest BCUT2D eigenvalue weighted by molar-refractivity contribution is 0.0997. The number of amides is 2. The van der Waals surface area contributed by atoms with Crippen molar-refractivity contribution in [3.63, 3.8) is 0 Å². The summed E-state index contributed by atoms with van der Waals surface area (Å²) in [5.74, 6) is 4.26. The fraction of sp³-hybridized carbons (Fsp3) is 0.375. The molecule has 0 saturated heterocycles. The summed E-state index contributed by atoms with van der Waals surface area (Å²) in [6, 6.07) is -0.609. The minimum Gasteiger partial charge on any atom is -0.383 e. The van der Waals surface area contributed by atoms with Crippen molar-refractivity contribution in [2.24, 2.45) is 11.6 Å². The van der Waals surface area contributed by atoms with Gasteiger partial charge < -0.3 is 11.5 Å². The molecule has 1 aromatic heterocycles. The van der Waals surface area contributed by atoms with Crippen LogP contribution in [0, 0.1) is 0 Å². The van der Waals surface area contributed by atoms with Crippen LogP contribution in [-0.2, 0) is 0 Å². The van der Waals surface area contributed by atoms with Gasteiger partial charge in [-0.25, -0.2) is 20.2 Å². The first kappa shape index (κ1) is 13.9. The summed E-state index contributed by atoms with van der Waals surface area (Å²) < 4.78 is 0.931. The number of imidazole rings is 1. The molecule has 16 heavy (non-hydrogen) atoms. The van der Waals surface area contributed by atoms with E-state index in [2.05, 4.69) is 4.98 Å². The topological polar surface area (TPSA) is 133 Å². The molecule has 0 radical (unpaired) electrons. The smallest absolute Gasteiger partial charge is 0.344 e. The Balaban J connectivity index is 0.00000106. The van der Waals surface area contributed by atoms with Gasteiger partial charge in [0.15, 0.2) is 5.69 Å². The van der Waals surface area contributed by atoms with Crippen LogP contribution in [0.15, 0.2) is 6.33 Å². The molecule has 0 aliphatic carbocycles. The van der Waals surface area contributed by atoms with Crippen LogP contribution in [0.1, 0.15) is 24.3 Å². The summed E-state index contributed by atoms with van der Waals surface area (Å²) in [6.07, 6.45) is 1.08. The first-order valence-electron chi connectivity index (χ1n) is 4.60. The van der Waals surface area contributed by atoms with Crippen molar-refractivity contribution in [3.05, 3.63) is 12.0 Å². The summed E-state index contributed by atoms with van der Waals surface area (Å²) in [5, 5.41) is 0.808. The molecule has 0 fully saturated rings. The third-order valence-electron chi connectivity index (χ3n) is 1.55. The lowest BCUT2D eigenvalue weighted by Crippen LogP contribution is -2.37. The SMILES string of the molecule is CC.CN(N)C(=O)n1cnc(C(N)=O)c1N. The number of hydrazine groups is 1. The predicted octanol–water partition coefficient (Wildman–Crippen LogP) is -0.636. The van der Waals surface area contributed by atoms with Gasteiger partial charge in [0.25, 0.3) is 5.91 Å². The van der Waals surface area contributed by atoms with Crippen molar-refractivity contribution >= 4 is 17.8 Å². The Bertz CT molecular complexity index is 384. The van der Waals surface area contributed by atoms with E-state index in [0.717, 1.165) is 15.9 Å². The van der Waals surface area contributed by atoms with Gasteiger partial charge in [0, 0.05) is 7.05 Å². The number of hydrogen-bond donors (Lipinski definition) is 3. The van der Waals surface area contributed by atoms with Crippen LogP contribution in [0.4, 0.5) is 10.6 Å². The third kappa shape index (κ3) is 2.70. The zero-order valence-electron chi connectivity index (χ0n) is 9.47. The van der Waals surface area contributed by atoms with E-state index in [0.29, 0.717) is 0 Å². The van der Waals surface area contributed by atoms with Crippen molar-refractivity contribution in [1.29, 1.82) is 0 Å². The average Bonchev–Trinajstić information content (AvgIpc) is 2.62. The molecule has 0 bridgehead atoms. The fourth-order valence-electron chi connectivity index (χ4n) is 0.870. The first-order chi connectivity index (χ1) is 7.45. The van der Waals surface area contributed by atoms with Gasteiger partial charge in [0.1, 0.15) is 12.1 Å². The molecule has 0 spiro atoms. The number of hydrogen-bond acceptors (Lipinski definition) is 5. The number of carbonyl (C=O) groups is 2. The lowest BCUT2D eigenvalue weighted by atomic mass is 10.4. The van der Waals surface area contributed by atoms with Gasteiger partial charge in [-0.2, -0.15) is 0 Å². The summed E-state index contributed by atoms with van der Waals surface area (Å²) in [7, 11) is 1.34. The zero-order valence-corrected chi connectivity index (χ0v) is 9.47. The second kappa shape index (κ2) is 5.71. The maximum atomic E-state index is 11.3. The molecular weight excluding hydrogens is 212 g/mol. The molecule has 90 valence electrons. The highest BCUT2D eigenvalue weighted by Gasteiger charge is 2.17. The normalized spacial score (nSPS) is 9.00. The third-order valence-corrected chi connectivity index (χ3v) is 1.55. The second-order valence-electron chi connectivity index (χ2n) is 2.61. The highest BCUT2D eigenvalue weighted by molar-refractivity contribution is 5.97. The van der Waals surface area contributed by atoms with Gasteiger partial charge in [-0.15, -0.1) is 0 Å². The van der Waals surface area contributed by atoms with Gasteiger partial charge >= 0.3 is 6.03 Å². The summed E-state index contributed by atoms with van der Waals surface area (Å²) >= 11 is 0. The van der Waals surface area contributed by atoms with E-state index in [-0.39, 0.29) is 11.5 Å². The highest BCUT2D eigenvalue weighted by Crippen LogP contribution is 2.09. The summed E-state index contributed by atoms with van der Waals surface area (Å²) in [4.78, 5) is 25.6. The fourth-order valence-corrected chi connectivity index (χ4v) is 0.870. The summed E-state index contributed by atoms with van der Waals surface area (Å²) in [6.45, 7) is 4.00. The number of carbonyl (C=O) groups excluding carboxylic acids is 2. The molecule has 1 rings (SSSR count). The molecule has 0 saturated carbocycles. The van der Waals surface area contributed by atoms with Crippen molar-refractivity contribution in [2.45, 2.75) is 13.8 Å². The lowest BCUT2D eigenvalue weighted by Gasteiger charge is -2.10. The van der Waals surface area contributed by atoms with E-state index < -0.39 is 11.9 Å². The molecule has 0 aromatic carbocycles. The number of aromatic nitrogens is 2. The van der Waals surface area contributed by atoms with E-state index in [1.807, 2.05) is 13.8 Å². The van der Waals surface area contributed by atoms with E-state index in [4.69, 9.17) is 17.3 Å². The Labute approximate surface area is 93.0 Å². The second-order valence-corrected chi connectivity index (χ2v) is 2.61. The maximum Gasteiger partial charge on any atom is 0.344 e. The van der Waals surface area contributed by atoms with E-state index in [1.54, 1.807) is 0 Å². The minimum absolute atomic E-state index is 0.125. The molecule has 1 heterocycles. The molecule has 0 aliphatic heterocycles. The largest absolute Gasteiger partial charge is 0.383 e.